The third kappa shape index (κ3) is 3.78. The Kier molecular flexibility index (Phi) is 4.89. The number of carbonyl (C=O) groups is 1. The Hall–Kier alpha value is -2.73. The van der Waals surface area contributed by atoms with Gasteiger partial charge >= 0.3 is 0 Å². The summed E-state index contributed by atoms with van der Waals surface area (Å²) in [5.41, 5.74) is 0.475. The summed E-state index contributed by atoms with van der Waals surface area (Å²) in [5.74, 6) is 1.10. The van der Waals surface area contributed by atoms with Crippen LogP contribution in [0.5, 0.6) is 11.5 Å². The van der Waals surface area contributed by atoms with E-state index in [0.717, 1.165) is 22.3 Å². The highest BCUT2D eigenvalue weighted by molar-refractivity contribution is 7.82. The number of ether oxygens (including phenoxy) is 2. The van der Waals surface area contributed by atoms with Crippen molar-refractivity contribution in [1.82, 2.24) is 4.90 Å². The number of carbonyl (C=O) groups excluding carboxylic acids is 1. The zero-order valence-electron chi connectivity index (χ0n) is 15.4. The van der Waals surface area contributed by atoms with Crippen LogP contribution in [0.2, 0.25) is 0 Å². The number of methoxy groups -OCH3 is 1. The van der Waals surface area contributed by atoms with Crippen LogP contribution >= 0.6 is 12.6 Å². The van der Waals surface area contributed by atoms with Crippen molar-refractivity contribution in [3.63, 3.8) is 0 Å². The number of amides is 1. The summed E-state index contributed by atoms with van der Waals surface area (Å²) in [5, 5.41) is 2.14. The van der Waals surface area contributed by atoms with Crippen LogP contribution in [-0.4, -0.2) is 42.4 Å². The molecule has 1 amide bonds. The van der Waals surface area contributed by atoms with Crippen LogP contribution < -0.4 is 9.47 Å². The fourth-order valence-electron chi connectivity index (χ4n) is 3.31. The highest BCUT2D eigenvalue weighted by Gasteiger charge is 2.43. The second-order valence-electron chi connectivity index (χ2n) is 7.06. The summed E-state index contributed by atoms with van der Waals surface area (Å²) in [6.07, 6.45) is 0. The van der Waals surface area contributed by atoms with Gasteiger partial charge in [0.05, 0.1) is 11.9 Å². The number of rotatable bonds is 5. The molecule has 0 N–H and O–H groups in total. The minimum atomic E-state index is -0.398. The normalized spacial score (nSPS) is 15.2. The van der Waals surface area contributed by atoms with Crippen molar-refractivity contribution in [2.24, 2.45) is 0 Å². The monoisotopic (exact) mass is 397 g/mol. The van der Waals surface area contributed by atoms with Gasteiger partial charge in [0.25, 0.3) is 5.91 Å². The molecule has 3 aromatic rings. The summed E-state index contributed by atoms with van der Waals surface area (Å²) >= 11 is 4.69. The van der Waals surface area contributed by atoms with Crippen molar-refractivity contribution in [2.45, 2.75) is 4.75 Å². The molecule has 0 aliphatic carbocycles. The van der Waals surface area contributed by atoms with Gasteiger partial charge in [-0.3, -0.25) is 4.79 Å². The number of halogens is 1. The van der Waals surface area contributed by atoms with Crippen molar-refractivity contribution in [3.8, 4) is 11.5 Å². The molecule has 0 atom stereocenters. The number of likely N-dealkylation sites (tertiary alicyclic amines) is 1. The van der Waals surface area contributed by atoms with E-state index >= 15 is 0 Å². The molecule has 0 spiro atoms. The Balaban J connectivity index is 1.36. The van der Waals surface area contributed by atoms with Gasteiger partial charge in [-0.25, -0.2) is 4.39 Å². The van der Waals surface area contributed by atoms with Crippen molar-refractivity contribution >= 4 is 29.3 Å². The maximum Gasteiger partial charge on any atom is 0.253 e. The quantitative estimate of drug-likeness (QED) is 0.656. The molecule has 1 aliphatic rings. The lowest BCUT2D eigenvalue weighted by atomic mass is 9.98. The van der Waals surface area contributed by atoms with E-state index in [9.17, 15) is 9.18 Å². The van der Waals surface area contributed by atoms with Gasteiger partial charge in [-0.05, 0) is 59.3 Å². The molecule has 0 aromatic heterocycles. The minimum absolute atomic E-state index is 0.121. The standard InChI is InChI=1S/C22H20FNO3S/c1-26-19-8-4-17-11-20(9-5-16(17)10-19)27-14-22(28)12-24(13-22)21(25)15-2-6-18(23)7-3-15/h2-11,28H,12-14H2,1H3. The van der Waals surface area contributed by atoms with Crippen LogP contribution in [0.4, 0.5) is 4.39 Å². The summed E-state index contributed by atoms with van der Waals surface area (Å²) in [4.78, 5) is 14.1. The first-order valence-electron chi connectivity index (χ1n) is 8.94. The molecule has 144 valence electrons. The molecule has 3 aromatic carbocycles. The van der Waals surface area contributed by atoms with E-state index < -0.39 is 4.75 Å². The van der Waals surface area contributed by atoms with E-state index in [1.807, 2.05) is 36.4 Å². The first-order valence-corrected chi connectivity index (χ1v) is 9.38. The average Bonchev–Trinajstić information content (AvgIpc) is 2.69. The van der Waals surface area contributed by atoms with E-state index in [-0.39, 0.29) is 11.7 Å². The molecule has 1 heterocycles. The molecule has 0 unspecified atom stereocenters. The van der Waals surface area contributed by atoms with E-state index in [1.54, 1.807) is 12.0 Å². The summed E-state index contributed by atoms with van der Waals surface area (Å²) in [7, 11) is 1.65. The van der Waals surface area contributed by atoms with Gasteiger partial charge in [-0.1, -0.05) is 12.1 Å². The summed E-state index contributed by atoms with van der Waals surface area (Å²) in [6.45, 7) is 1.36. The molecule has 0 bridgehead atoms. The smallest absolute Gasteiger partial charge is 0.253 e. The van der Waals surface area contributed by atoms with Crippen molar-refractivity contribution in [3.05, 3.63) is 72.0 Å². The third-order valence-corrected chi connectivity index (χ3v) is 5.29. The predicted octanol–water partition coefficient (Wildman–Crippen LogP) is 4.19. The maximum absolute atomic E-state index is 13.0. The van der Waals surface area contributed by atoms with Gasteiger partial charge in [0, 0.05) is 18.7 Å². The highest BCUT2D eigenvalue weighted by atomic mass is 32.1. The highest BCUT2D eigenvalue weighted by Crippen LogP contribution is 2.31. The molecule has 1 saturated heterocycles. The van der Waals surface area contributed by atoms with Gasteiger partial charge in [-0.15, -0.1) is 0 Å². The number of thiol groups is 1. The predicted molar refractivity (Wildman–Crippen MR) is 110 cm³/mol. The Bertz CT molecular complexity index is 1020. The topological polar surface area (TPSA) is 38.8 Å². The third-order valence-electron chi connectivity index (χ3n) is 4.88. The van der Waals surface area contributed by atoms with Crippen LogP contribution in [-0.2, 0) is 0 Å². The SMILES string of the molecule is COc1ccc2cc(OCC3(S)CN(C(=O)c4ccc(F)cc4)C3)ccc2c1. The Morgan fingerprint density at radius 3 is 2.29 bits per heavy atom. The lowest BCUT2D eigenvalue weighted by molar-refractivity contribution is 0.0491. The lowest BCUT2D eigenvalue weighted by Crippen LogP contribution is -2.62. The van der Waals surface area contributed by atoms with Crippen molar-refractivity contribution in [2.75, 3.05) is 26.8 Å². The van der Waals surface area contributed by atoms with Gasteiger partial charge in [0.2, 0.25) is 0 Å². The second-order valence-corrected chi connectivity index (χ2v) is 8.00. The molecule has 0 radical (unpaired) electrons. The van der Waals surface area contributed by atoms with Crippen LogP contribution in [0.25, 0.3) is 10.8 Å². The molecule has 4 rings (SSSR count). The van der Waals surface area contributed by atoms with E-state index in [4.69, 9.17) is 22.1 Å². The zero-order valence-corrected chi connectivity index (χ0v) is 16.3. The maximum atomic E-state index is 13.0. The molecule has 1 aliphatic heterocycles. The Morgan fingerprint density at radius 1 is 1.04 bits per heavy atom. The average molecular weight is 397 g/mol. The zero-order chi connectivity index (χ0) is 19.7. The fraction of sp³-hybridized carbons (Fsp3) is 0.227. The van der Waals surface area contributed by atoms with Crippen LogP contribution in [0.15, 0.2) is 60.7 Å². The first-order chi connectivity index (χ1) is 13.5. The van der Waals surface area contributed by atoms with Crippen molar-refractivity contribution < 1.29 is 18.7 Å². The van der Waals surface area contributed by atoms with Gasteiger partial charge in [0.15, 0.2) is 0 Å². The van der Waals surface area contributed by atoms with Gasteiger partial charge in [0.1, 0.15) is 23.9 Å². The summed E-state index contributed by atoms with van der Waals surface area (Å²) in [6, 6.07) is 17.3. The number of benzene rings is 3. The number of hydrogen-bond donors (Lipinski definition) is 1. The molecular weight excluding hydrogens is 377 g/mol. The second kappa shape index (κ2) is 7.36. The minimum Gasteiger partial charge on any atom is -0.497 e. The van der Waals surface area contributed by atoms with Gasteiger partial charge in [-0.2, -0.15) is 12.6 Å². The van der Waals surface area contributed by atoms with Crippen LogP contribution in [0, 0.1) is 5.82 Å². The van der Waals surface area contributed by atoms with Gasteiger partial charge < -0.3 is 14.4 Å². The van der Waals surface area contributed by atoms with Crippen LogP contribution in [0.1, 0.15) is 10.4 Å². The number of fused-ring (bicyclic) bond motifs is 1. The lowest BCUT2D eigenvalue weighted by Gasteiger charge is -2.46. The van der Waals surface area contributed by atoms with Crippen LogP contribution in [0.3, 0.4) is 0 Å². The van der Waals surface area contributed by atoms with E-state index in [0.29, 0.717) is 25.3 Å². The van der Waals surface area contributed by atoms with E-state index in [2.05, 4.69) is 0 Å². The molecule has 1 fully saturated rings. The fourth-order valence-corrected chi connectivity index (χ4v) is 3.72. The summed E-state index contributed by atoms with van der Waals surface area (Å²) < 4.78 is 23.8. The molecule has 4 nitrogen and oxygen atoms in total. The van der Waals surface area contributed by atoms with Crippen molar-refractivity contribution in [1.29, 1.82) is 0 Å². The number of nitrogens with zero attached hydrogens (tertiary/aromatic N) is 1. The Morgan fingerprint density at radius 2 is 1.64 bits per heavy atom. The first kappa shape index (κ1) is 18.6. The Labute approximate surface area is 168 Å². The number of hydrogen-bond acceptors (Lipinski definition) is 4. The molecule has 28 heavy (non-hydrogen) atoms. The molecular formula is C22H20FNO3S. The molecule has 6 heteroatoms. The van der Waals surface area contributed by atoms with E-state index in [1.165, 1.54) is 24.3 Å². The molecule has 0 saturated carbocycles. The largest absolute Gasteiger partial charge is 0.497 e.